The molecule has 1 aliphatic rings. The number of aromatic nitrogens is 2. The van der Waals surface area contributed by atoms with Crippen molar-refractivity contribution in [3.63, 3.8) is 0 Å². The summed E-state index contributed by atoms with van der Waals surface area (Å²) in [6.45, 7) is 4.72. The fourth-order valence-electron chi connectivity index (χ4n) is 9.20. The number of para-hydroxylation sites is 2. The number of hydrogen-bond donors (Lipinski definition) is 0. The molecule has 2 aromatic heterocycles. The van der Waals surface area contributed by atoms with E-state index in [9.17, 15) is 0 Å². The average Bonchev–Trinajstić information content (AvgIpc) is 3.80. The Labute approximate surface area is 308 Å². The quantitative estimate of drug-likeness (QED) is 0.176. The number of hydrogen-bond acceptors (Lipinski definition) is 0. The van der Waals surface area contributed by atoms with Gasteiger partial charge in [-0.05, 0) is 87.5 Å². The number of nitrogens with zero attached hydrogens (tertiary/aromatic N) is 2. The van der Waals surface area contributed by atoms with Gasteiger partial charge in [-0.1, -0.05) is 147 Å². The van der Waals surface area contributed by atoms with E-state index in [1.54, 1.807) is 0 Å². The highest BCUT2D eigenvalue weighted by Gasteiger charge is 2.37. The molecule has 0 amide bonds. The highest BCUT2D eigenvalue weighted by atomic mass is 15.0. The van der Waals surface area contributed by atoms with Gasteiger partial charge in [0, 0.05) is 38.2 Å². The van der Waals surface area contributed by atoms with Gasteiger partial charge in [0.25, 0.3) is 0 Å². The van der Waals surface area contributed by atoms with Crippen molar-refractivity contribution in [2.75, 3.05) is 0 Å². The lowest BCUT2D eigenvalue weighted by Gasteiger charge is -2.22. The fourth-order valence-corrected chi connectivity index (χ4v) is 9.20. The van der Waals surface area contributed by atoms with Crippen LogP contribution in [0.15, 0.2) is 182 Å². The molecule has 8 aromatic carbocycles. The van der Waals surface area contributed by atoms with Crippen molar-refractivity contribution in [2.45, 2.75) is 19.3 Å². The molecular weight excluding hydrogens is 641 g/mol. The third kappa shape index (κ3) is 4.33. The maximum absolute atomic E-state index is 2.52. The minimum Gasteiger partial charge on any atom is -0.309 e. The first-order valence-corrected chi connectivity index (χ1v) is 18.5. The zero-order chi connectivity index (χ0) is 35.3. The molecule has 2 heterocycles. The van der Waals surface area contributed by atoms with Gasteiger partial charge in [0.2, 0.25) is 0 Å². The Bertz CT molecular complexity index is 3060. The summed E-state index contributed by atoms with van der Waals surface area (Å²) in [6, 6.07) is 67.0. The molecule has 0 spiro atoms. The summed E-state index contributed by atoms with van der Waals surface area (Å²) in [5.41, 5.74) is 17.5. The minimum atomic E-state index is -0.0740. The topological polar surface area (TPSA) is 9.86 Å². The van der Waals surface area contributed by atoms with Crippen LogP contribution in [0, 0.1) is 0 Å². The highest BCUT2D eigenvalue weighted by molar-refractivity contribution is 6.19. The van der Waals surface area contributed by atoms with Crippen molar-refractivity contribution in [1.82, 2.24) is 9.13 Å². The van der Waals surface area contributed by atoms with Crippen LogP contribution in [-0.4, -0.2) is 9.13 Å². The van der Waals surface area contributed by atoms with Gasteiger partial charge in [0.15, 0.2) is 0 Å². The summed E-state index contributed by atoms with van der Waals surface area (Å²) in [5, 5.41) is 5.07. The normalized spacial score (nSPS) is 13.2. The van der Waals surface area contributed by atoms with Gasteiger partial charge in [0.05, 0.1) is 27.8 Å². The van der Waals surface area contributed by atoms with Gasteiger partial charge in [-0.2, -0.15) is 0 Å². The van der Waals surface area contributed by atoms with Crippen LogP contribution in [0.1, 0.15) is 25.0 Å². The molecule has 2 heteroatoms. The highest BCUT2D eigenvalue weighted by Crippen LogP contribution is 2.52. The second-order valence-electron chi connectivity index (χ2n) is 15.0. The van der Waals surface area contributed by atoms with Crippen LogP contribution in [0.2, 0.25) is 0 Å². The summed E-state index contributed by atoms with van der Waals surface area (Å²) < 4.78 is 4.97. The monoisotopic (exact) mass is 676 g/mol. The molecule has 0 atom stereocenters. The van der Waals surface area contributed by atoms with E-state index in [0.29, 0.717) is 0 Å². The Morgan fingerprint density at radius 3 is 1.64 bits per heavy atom. The molecule has 1 aliphatic carbocycles. The maximum atomic E-state index is 2.52. The molecule has 0 bridgehead atoms. The lowest BCUT2D eigenvalue weighted by molar-refractivity contribution is 0.660. The van der Waals surface area contributed by atoms with Crippen LogP contribution in [-0.2, 0) is 5.41 Å². The van der Waals surface area contributed by atoms with Crippen molar-refractivity contribution < 1.29 is 0 Å². The zero-order valence-corrected chi connectivity index (χ0v) is 29.7. The Morgan fingerprint density at radius 1 is 0.358 bits per heavy atom. The summed E-state index contributed by atoms with van der Waals surface area (Å²) in [4.78, 5) is 0. The minimum absolute atomic E-state index is 0.0740. The van der Waals surface area contributed by atoms with E-state index in [0.717, 1.165) is 5.69 Å². The van der Waals surface area contributed by atoms with E-state index >= 15 is 0 Å². The van der Waals surface area contributed by atoms with Crippen molar-refractivity contribution in [2.24, 2.45) is 0 Å². The number of rotatable bonds is 4. The molecule has 0 saturated heterocycles. The van der Waals surface area contributed by atoms with E-state index in [1.807, 2.05) is 0 Å². The molecule has 250 valence electrons. The van der Waals surface area contributed by atoms with E-state index in [-0.39, 0.29) is 5.41 Å². The maximum Gasteiger partial charge on any atom is 0.0562 e. The molecule has 53 heavy (non-hydrogen) atoms. The lowest BCUT2D eigenvalue weighted by atomic mass is 9.82. The van der Waals surface area contributed by atoms with Crippen molar-refractivity contribution in [3.05, 3.63) is 193 Å². The van der Waals surface area contributed by atoms with E-state index in [4.69, 9.17) is 0 Å². The Kier molecular flexibility index (Phi) is 6.33. The van der Waals surface area contributed by atoms with Gasteiger partial charge in [-0.3, -0.25) is 0 Å². The molecule has 0 radical (unpaired) electrons. The van der Waals surface area contributed by atoms with E-state index in [1.165, 1.54) is 93.8 Å². The summed E-state index contributed by atoms with van der Waals surface area (Å²) >= 11 is 0. The molecule has 0 fully saturated rings. The second kappa shape index (κ2) is 11.2. The predicted octanol–water partition coefficient (Wildman–Crippen LogP) is 13.5. The molecule has 0 saturated carbocycles. The molecule has 10 aromatic rings. The largest absolute Gasteiger partial charge is 0.309 e. The average molecular weight is 677 g/mol. The first-order chi connectivity index (χ1) is 26.1. The van der Waals surface area contributed by atoms with Gasteiger partial charge in [0.1, 0.15) is 0 Å². The van der Waals surface area contributed by atoms with Crippen LogP contribution in [0.5, 0.6) is 0 Å². The Hall–Kier alpha value is -6.64. The predicted molar refractivity (Wildman–Crippen MR) is 224 cm³/mol. The van der Waals surface area contributed by atoms with Crippen LogP contribution >= 0.6 is 0 Å². The molecule has 0 N–H and O–H groups in total. The van der Waals surface area contributed by atoms with Crippen molar-refractivity contribution >= 4 is 43.6 Å². The number of fused-ring (bicyclic) bond motifs is 9. The molecular formula is C51H36N2. The van der Waals surface area contributed by atoms with Gasteiger partial charge < -0.3 is 9.13 Å². The second-order valence-corrected chi connectivity index (χ2v) is 15.0. The molecule has 2 nitrogen and oxygen atoms in total. The smallest absolute Gasteiger partial charge is 0.0562 e. The van der Waals surface area contributed by atoms with Crippen LogP contribution in [0.3, 0.4) is 0 Å². The lowest BCUT2D eigenvalue weighted by Crippen LogP contribution is -2.14. The number of benzene rings is 8. The third-order valence-corrected chi connectivity index (χ3v) is 11.7. The van der Waals surface area contributed by atoms with Crippen LogP contribution in [0.4, 0.5) is 0 Å². The first-order valence-electron chi connectivity index (χ1n) is 18.5. The SMILES string of the molecule is CC1(C)c2ccccc2-c2c(-n3c4ccccc4c4cc5c6ccccc6n(-c6ccc(-c7cccc(-c8ccccc8)c7)cc6)c5cc43)cccc21. The van der Waals surface area contributed by atoms with Crippen LogP contribution in [0.25, 0.3) is 88.4 Å². The van der Waals surface area contributed by atoms with Gasteiger partial charge in [-0.25, -0.2) is 0 Å². The summed E-state index contributed by atoms with van der Waals surface area (Å²) in [5.74, 6) is 0. The van der Waals surface area contributed by atoms with Gasteiger partial charge >= 0.3 is 0 Å². The Balaban J connectivity index is 1.14. The fraction of sp³-hybridized carbons (Fsp3) is 0.0588. The zero-order valence-electron chi connectivity index (χ0n) is 29.7. The van der Waals surface area contributed by atoms with Gasteiger partial charge in [-0.15, -0.1) is 0 Å². The summed E-state index contributed by atoms with van der Waals surface area (Å²) in [6.07, 6.45) is 0. The van der Waals surface area contributed by atoms with E-state index in [2.05, 4.69) is 205 Å². The summed E-state index contributed by atoms with van der Waals surface area (Å²) in [7, 11) is 0. The molecule has 11 rings (SSSR count). The van der Waals surface area contributed by atoms with E-state index < -0.39 is 0 Å². The van der Waals surface area contributed by atoms with Crippen molar-refractivity contribution in [3.8, 4) is 44.8 Å². The Morgan fingerprint density at radius 2 is 0.906 bits per heavy atom. The van der Waals surface area contributed by atoms with Crippen LogP contribution < -0.4 is 0 Å². The third-order valence-electron chi connectivity index (χ3n) is 11.7. The standard InChI is InChI=1S/C51H36N2/c1-51(2)43-21-9-6-20-40(43)50-44(51)22-13-25-47(50)53-46-24-11-8-19-39(46)42-31-41-38-18-7-10-23-45(38)52(48(41)32-49(42)53)37-28-26-34(27-29-37)36-17-12-16-35(30-36)33-14-4-3-5-15-33/h3-32H,1-2H3. The van der Waals surface area contributed by atoms with Crippen molar-refractivity contribution in [1.29, 1.82) is 0 Å². The molecule has 0 aliphatic heterocycles. The first kappa shape index (κ1) is 30.0. The molecule has 0 unspecified atom stereocenters.